The van der Waals surface area contributed by atoms with E-state index < -0.39 is 51.6 Å². The zero-order chi connectivity index (χ0) is 30.1. The van der Waals surface area contributed by atoms with Crippen molar-refractivity contribution in [1.82, 2.24) is 14.9 Å². The van der Waals surface area contributed by atoms with Crippen LogP contribution >= 0.6 is 11.6 Å². The van der Waals surface area contributed by atoms with Crippen molar-refractivity contribution in [2.45, 2.75) is 81.1 Å². The van der Waals surface area contributed by atoms with Crippen LogP contribution in [-0.4, -0.2) is 71.6 Å². The van der Waals surface area contributed by atoms with Gasteiger partial charge < -0.3 is 24.8 Å². The summed E-state index contributed by atoms with van der Waals surface area (Å²) in [5.41, 5.74) is 3.43. The molecule has 8 nitrogen and oxygen atoms in total. The number of aromatic nitrogens is 2. The Morgan fingerprint density at radius 1 is 1.16 bits per heavy atom. The van der Waals surface area contributed by atoms with E-state index in [4.69, 9.17) is 36.5 Å². The number of nitrogens with zero attached hydrogens (tertiary/aromatic N) is 4. The molecule has 43 heavy (non-hydrogen) atoms. The maximum absolute atomic E-state index is 15.3. The van der Waals surface area contributed by atoms with Gasteiger partial charge in [0.1, 0.15) is 18.6 Å². The quantitative estimate of drug-likeness (QED) is 0.348. The number of fused-ring (bicyclic) bond motifs is 2. The van der Waals surface area contributed by atoms with Crippen LogP contribution in [-0.2, 0) is 28.7 Å². The monoisotopic (exact) mass is 629 g/mol. The van der Waals surface area contributed by atoms with E-state index in [0.29, 0.717) is 49.7 Å². The first-order valence-electron chi connectivity index (χ1n) is 14.7. The van der Waals surface area contributed by atoms with Gasteiger partial charge in [-0.25, -0.2) is 8.78 Å². The summed E-state index contributed by atoms with van der Waals surface area (Å²) in [6.45, 7) is 3.18. The molecule has 0 amide bonds. The van der Waals surface area contributed by atoms with Crippen molar-refractivity contribution < 1.29 is 36.2 Å². The summed E-state index contributed by atoms with van der Waals surface area (Å²) in [6, 6.07) is 0.812. The standard InChI is InChI=1S/C29H33ClF5N5O3/c30-18-9-19(36)24(32)22(23(18)29(33,34)35)21-10-20-17(13-41-21)25(39-6-2-4-28(14-39)5-8-43-28)38-26(37-20)42-15-27-3-1-7-40(27)12-16(31)11-27/h9,16,21H,1-8,10-15,36H2/t16-,21+,27+,28?/m1/s1. The summed E-state index contributed by atoms with van der Waals surface area (Å²) in [5, 5.41) is -0.703. The highest BCUT2D eigenvalue weighted by atomic mass is 35.5. The lowest BCUT2D eigenvalue weighted by Crippen LogP contribution is -2.56. The summed E-state index contributed by atoms with van der Waals surface area (Å²) in [7, 11) is 0. The second kappa shape index (κ2) is 10.6. The highest BCUT2D eigenvalue weighted by molar-refractivity contribution is 6.31. The Balaban J connectivity index is 1.25. The van der Waals surface area contributed by atoms with Crippen LogP contribution in [0.15, 0.2) is 6.07 Å². The van der Waals surface area contributed by atoms with Gasteiger partial charge in [-0.15, -0.1) is 0 Å². The predicted octanol–water partition coefficient (Wildman–Crippen LogP) is 5.40. The number of anilines is 2. The fourth-order valence-corrected chi connectivity index (χ4v) is 7.96. The van der Waals surface area contributed by atoms with Crippen molar-refractivity contribution in [3.63, 3.8) is 0 Å². The average molecular weight is 630 g/mol. The van der Waals surface area contributed by atoms with Crippen molar-refractivity contribution >= 4 is 23.1 Å². The molecule has 1 aromatic heterocycles. The van der Waals surface area contributed by atoms with Crippen molar-refractivity contribution in [2.75, 3.05) is 50.0 Å². The normalized spacial score (nSPS) is 30.8. The molecular weight excluding hydrogens is 597 g/mol. The molecule has 1 unspecified atom stereocenters. The lowest BCUT2D eigenvalue weighted by Gasteiger charge is -2.49. The van der Waals surface area contributed by atoms with Gasteiger partial charge in [-0.1, -0.05) is 11.6 Å². The van der Waals surface area contributed by atoms with Crippen molar-refractivity contribution in [3.05, 3.63) is 39.3 Å². The molecule has 7 rings (SSSR count). The van der Waals surface area contributed by atoms with Gasteiger partial charge in [0.25, 0.3) is 0 Å². The first kappa shape index (κ1) is 29.2. The van der Waals surface area contributed by atoms with Crippen LogP contribution in [0.4, 0.5) is 33.5 Å². The molecule has 1 spiro atoms. The van der Waals surface area contributed by atoms with Gasteiger partial charge >= 0.3 is 12.2 Å². The molecule has 0 bridgehead atoms. The third-order valence-electron chi connectivity index (χ3n) is 9.78. The Morgan fingerprint density at radius 3 is 2.70 bits per heavy atom. The van der Waals surface area contributed by atoms with Gasteiger partial charge in [0.2, 0.25) is 0 Å². The largest absolute Gasteiger partial charge is 0.461 e. The molecular formula is C29H33ClF5N5O3. The van der Waals surface area contributed by atoms with Crippen LogP contribution in [0.1, 0.15) is 67.0 Å². The predicted molar refractivity (Wildman–Crippen MR) is 147 cm³/mol. The topological polar surface area (TPSA) is 86.0 Å². The minimum absolute atomic E-state index is 0.0502. The molecule has 5 aliphatic heterocycles. The number of alkyl halides is 4. The Labute approximate surface area is 250 Å². The number of rotatable bonds is 5. The molecule has 0 radical (unpaired) electrons. The molecule has 234 valence electrons. The van der Waals surface area contributed by atoms with Crippen LogP contribution < -0.4 is 15.4 Å². The van der Waals surface area contributed by atoms with Crippen molar-refractivity contribution in [1.29, 1.82) is 0 Å². The Bertz CT molecular complexity index is 1430. The number of benzene rings is 1. The number of hydrogen-bond acceptors (Lipinski definition) is 8. The lowest BCUT2D eigenvalue weighted by molar-refractivity contribution is -0.151. The Hall–Kier alpha value is -2.48. The van der Waals surface area contributed by atoms with Crippen molar-refractivity contribution in [2.24, 2.45) is 0 Å². The van der Waals surface area contributed by atoms with E-state index in [1.54, 1.807) is 0 Å². The molecule has 0 aliphatic carbocycles. The van der Waals surface area contributed by atoms with E-state index in [-0.39, 0.29) is 31.2 Å². The molecule has 14 heteroatoms. The van der Waals surface area contributed by atoms with E-state index in [2.05, 4.69) is 14.8 Å². The summed E-state index contributed by atoms with van der Waals surface area (Å²) in [5.74, 6) is -0.663. The van der Waals surface area contributed by atoms with Crippen LogP contribution in [0, 0.1) is 5.82 Å². The van der Waals surface area contributed by atoms with Gasteiger partial charge in [-0.3, -0.25) is 4.90 Å². The summed E-state index contributed by atoms with van der Waals surface area (Å²) < 4.78 is 90.0. The van der Waals surface area contributed by atoms with Crippen LogP contribution in [0.3, 0.4) is 0 Å². The third-order valence-corrected chi connectivity index (χ3v) is 10.1. The summed E-state index contributed by atoms with van der Waals surface area (Å²) in [4.78, 5) is 13.6. The van der Waals surface area contributed by atoms with Gasteiger partial charge in [-0.2, -0.15) is 23.1 Å². The van der Waals surface area contributed by atoms with Gasteiger partial charge in [-0.05, 0) is 38.3 Å². The van der Waals surface area contributed by atoms with Gasteiger partial charge in [0, 0.05) is 50.0 Å². The SMILES string of the molecule is Nc1cc(Cl)c(C(F)(F)F)c([C@@H]2Cc3nc(OC[C@@]45CCCN4C[C@H](F)C5)nc(N4CCCC5(CCO5)C4)c3CO2)c1F. The number of ether oxygens (including phenoxy) is 3. The van der Waals surface area contributed by atoms with E-state index in [0.717, 1.165) is 44.7 Å². The fourth-order valence-electron chi connectivity index (χ4n) is 7.64. The molecule has 4 saturated heterocycles. The van der Waals surface area contributed by atoms with Crippen LogP contribution in [0.2, 0.25) is 5.02 Å². The number of hydrogen-bond donors (Lipinski definition) is 1. The van der Waals surface area contributed by atoms with E-state index in [9.17, 15) is 17.6 Å². The second-order valence-electron chi connectivity index (χ2n) is 12.5. The first-order chi connectivity index (χ1) is 20.5. The van der Waals surface area contributed by atoms with Gasteiger partial charge in [0.05, 0.1) is 52.4 Å². The summed E-state index contributed by atoms with van der Waals surface area (Å²) in [6.07, 6.45) is -2.58. The maximum atomic E-state index is 15.3. The van der Waals surface area contributed by atoms with Gasteiger partial charge in [0.15, 0.2) is 5.82 Å². The highest BCUT2D eigenvalue weighted by Crippen LogP contribution is 2.47. The first-order valence-corrected chi connectivity index (χ1v) is 15.1. The lowest BCUT2D eigenvalue weighted by atomic mass is 9.85. The maximum Gasteiger partial charge on any atom is 0.418 e. The minimum atomic E-state index is -4.94. The van der Waals surface area contributed by atoms with Crippen molar-refractivity contribution in [3.8, 4) is 6.01 Å². The van der Waals surface area contributed by atoms with E-state index in [1.807, 2.05) is 0 Å². The van der Waals surface area contributed by atoms with E-state index >= 15 is 4.39 Å². The number of halogens is 6. The zero-order valence-electron chi connectivity index (χ0n) is 23.5. The molecule has 4 fully saturated rings. The minimum Gasteiger partial charge on any atom is -0.461 e. The fraction of sp³-hybridized carbons (Fsp3) is 0.655. The molecule has 1 aromatic carbocycles. The number of piperidine rings is 1. The summed E-state index contributed by atoms with van der Waals surface area (Å²) >= 11 is 5.95. The molecule has 4 atom stereocenters. The second-order valence-corrected chi connectivity index (χ2v) is 12.9. The number of nitrogen functional groups attached to an aromatic ring is 1. The third kappa shape index (κ3) is 5.09. The van der Waals surface area contributed by atoms with Crippen LogP contribution in [0.25, 0.3) is 0 Å². The van der Waals surface area contributed by atoms with E-state index in [1.165, 1.54) is 0 Å². The average Bonchev–Trinajstić information content (AvgIpc) is 3.47. The highest BCUT2D eigenvalue weighted by Gasteiger charge is 2.50. The molecule has 2 N–H and O–H groups in total. The smallest absolute Gasteiger partial charge is 0.418 e. The number of nitrogens with two attached hydrogens (primary N) is 1. The molecule has 2 aromatic rings. The molecule has 6 heterocycles. The zero-order valence-corrected chi connectivity index (χ0v) is 24.2. The Morgan fingerprint density at radius 2 is 1.95 bits per heavy atom. The Kier molecular flexibility index (Phi) is 7.18. The molecule has 5 aliphatic rings. The van der Waals surface area contributed by atoms with Crippen LogP contribution in [0.5, 0.6) is 6.01 Å². The molecule has 0 saturated carbocycles.